The van der Waals surface area contributed by atoms with Gasteiger partial charge in [-0.05, 0) is 46.5 Å². The topological polar surface area (TPSA) is 67.6 Å². The summed E-state index contributed by atoms with van der Waals surface area (Å²) in [6, 6.07) is 1.80. The number of aromatic nitrogens is 1. The van der Waals surface area contributed by atoms with E-state index >= 15 is 0 Å². The second-order valence-corrected chi connectivity index (χ2v) is 7.96. The molecule has 6 nitrogen and oxygen atoms in total. The Balaban J connectivity index is 1.39. The van der Waals surface area contributed by atoms with Crippen LogP contribution in [-0.2, 0) is 16.0 Å². The number of aryl methyl sites for hydroxylation is 1. The van der Waals surface area contributed by atoms with Crippen molar-refractivity contribution in [3.63, 3.8) is 0 Å². The number of piperidine rings is 1. The fourth-order valence-electron chi connectivity index (χ4n) is 3.81. The molecule has 0 unspecified atom stereocenters. The van der Waals surface area contributed by atoms with Crippen LogP contribution in [0.15, 0.2) is 22.2 Å². The van der Waals surface area contributed by atoms with Crippen LogP contribution in [0.25, 0.3) is 0 Å². The van der Waals surface area contributed by atoms with Crippen LogP contribution in [0, 0.1) is 6.92 Å². The number of allylic oxidation sites excluding steroid dienone is 1. The third-order valence-electron chi connectivity index (χ3n) is 5.40. The van der Waals surface area contributed by atoms with Crippen molar-refractivity contribution in [3.8, 4) is 0 Å². The van der Waals surface area contributed by atoms with Crippen LogP contribution >= 0.6 is 0 Å². The van der Waals surface area contributed by atoms with E-state index in [1.165, 1.54) is 5.57 Å². The summed E-state index contributed by atoms with van der Waals surface area (Å²) in [5.74, 6) is 0.565. The zero-order chi connectivity index (χ0) is 18.6. The van der Waals surface area contributed by atoms with Crippen LogP contribution in [0.2, 0.25) is 0 Å². The highest BCUT2D eigenvalue weighted by Crippen LogP contribution is 2.38. The molecule has 1 aromatic heterocycles. The molecule has 0 aromatic carbocycles. The average Bonchev–Trinajstić information content (AvgIpc) is 3.19. The lowest BCUT2D eigenvalue weighted by Crippen LogP contribution is -2.45. The number of nitrogens with one attached hydrogen (secondary N) is 1. The summed E-state index contributed by atoms with van der Waals surface area (Å²) in [5, 5.41) is 6.78. The summed E-state index contributed by atoms with van der Waals surface area (Å²) < 4.78 is 11.5. The lowest BCUT2D eigenvalue weighted by molar-refractivity contribution is -0.122. The molecule has 1 N–H and O–H groups in total. The van der Waals surface area contributed by atoms with Crippen molar-refractivity contribution in [3.05, 3.63) is 29.2 Å². The maximum Gasteiger partial charge on any atom is 0.227 e. The third kappa shape index (κ3) is 5.17. The summed E-state index contributed by atoms with van der Waals surface area (Å²) in [7, 11) is 0. The molecule has 0 aliphatic carbocycles. The molecule has 1 aromatic rings. The van der Waals surface area contributed by atoms with Crippen molar-refractivity contribution in [1.82, 2.24) is 15.4 Å². The van der Waals surface area contributed by atoms with E-state index in [1.807, 2.05) is 6.92 Å². The lowest BCUT2D eigenvalue weighted by atomic mass is 9.88. The summed E-state index contributed by atoms with van der Waals surface area (Å²) in [6.45, 7) is 9.94. The predicted molar refractivity (Wildman–Crippen MR) is 99.9 cm³/mol. The first-order chi connectivity index (χ1) is 12.4. The second kappa shape index (κ2) is 8.35. The Labute approximate surface area is 155 Å². The number of likely N-dealkylation sites (tertiary alicyclic amines) is 1. The van der Waals surface area contributed by atoms with Crippen LogP contribution in [0.5, 0.6) is 0 Å². The van der Waals surface area contributed by atoms with Gasteiger partial charge in [-0.3, -0.25) is 9.69 Å². The number of hydrogen-bond acceptors (Lipinski definition) is 5. The van der Waals surface area contributed by atoms with E-state index in [4.69, 9.17) is 9.26 Å². The number of carbonyl (C=O) groups is 1. The van der Waals surface area contributed by atoms with E-state index in [-0.39, 0.29) is 24.0 Å². The molecule has 1 atom stereocenters. The van der Waals surface area contributed by atoms with Gasteiger partial charge >= 0.3 is 0 Å². The number of carbonyl (C=O) groups excluding carboxylic acids is 1. The molecule has 6 heteroatoms. The minimum Gasteiger partial charge on any atom is -0.370 e. The highest BCUT2D eigenvalue weighted by atomic mass is 16.5. The Hall–Kier alpha value is -1.66. The number of hydrogen-bond donors (Lipinski definition) is 1. The quantitative estimate of drug-likeness (QED) is 0.789. The van der Waals surface area contributed by atoms with Crippen molar-refractivity contribution in [1.29, 1.82) is 0 Å². The summed E-state index contributed by atoms with van der Waals surface area (Å²) in [5.41, 5.74) is 2.20. The Morgan fingerprint density at radius 1 is 1.38 bits per heavy atom. The van der Waals surface area contributed by atoms with Gasteiger partial charge in [-0.2, -0.15) is 0 Å². The van der Waals surface area contributed by atoms with Crippen molar-refractivity contribution in [2.24, 2.45) is 0 Å². The predicted octanol–water partition coefficient (Wildman–Crippen LogP) is 2.62. The smallest absolute Gasteiger partial charge is 0.227 e. The fraction of sp³-hybridized carbons (Fsp3) is 0.700. The molecule has 1 spiro atoms. The van der Waals surface area contributed by atoms with Crippen molar-refractivity contribution in [2.45, 2.75) is 64.6 Å². The van der Waals surface area contributed by atoms with E-state index in [2.05, 4.69) is 35.3 Å². The van der Waals surface area contributed by atoms with Gasteiger partial charge in [-0.25, -0.2) is 0 Å². The number of rotatable bonds is 6. The van der Waals surface area contributed by atoms with E-state index in [9.17, 15) is 4.79 Å². The van der Waals surface area contributed by atoms with Crippen LogP contribution in [-0.4, -0.2) is 53.8 Å². The van der Waals surface area contributed by atoms with Crippen molar-refractivity contribution >= 4 is 5.91 Å². The molecular weight excluding hydrogens is 330 g/mol. The number of ether oxygens (including phenoxy) is 1. The van der Waals surface area contributed by atoms with Gasteiger partial charge in [0.05, 0.1) is 23.8 Å². The van der Waals surface area contributed by atoms with Crippen LogP contribution in [0.4, 0.5) is 0 Å². The van der Waals surface area contributed by atoms with Crippen LogP contribution in [0.1, 0.15) is 51.0 Å². The molecule has 2 aliphatic heterocycles. The van der Waals surface area contributed by atoms with Gasteiger partial charge in [0, 0.05) is 32.2 Å². The summed E-state index contributed by atoms with van der Waals surface area (Å²) >= 11 is 0. The first-order valence-corrected chi connectivity index (χ1v) is 9.67. The summed E-state index contributed by atoms with van der Waals surface area (Å²) in [4.78, 5) is 14.5. The Morgan fingerprint density at radius 2 is 2.15 bits per heavy atom. The maximum atomic E-state index is 12.0. The van der Waals surface area contributed by atoms with Gasteiger partial charge in [0.2, 0.25) is 5.91 Å². The molecule has 3 rings (SSSR count). The molecule has 1 amide bonds. The third-order valence-corrected chi connectivity index (χ3v) is 5.40. The largest absolute Gasteiger partial charge is 0.370 e. The zero-order valence-electron chi connectivity index (χ0n) is 16.2. The Morgan fingerprint density at radius 3 is 2.81 bits per heavy atom. The van der Waals surface area contributed by atoms with Crippen molar-refractivity contribution < 1.29 is 14.1 Å². The average molecular weight is 361 g/mol. The minimum absolute atomic E-state index is 0.0267. The number of amides is 1. The molecule has 0 radical (unpaired) electrons. The molecule has 144 valence electrons. The van der Waals surface area contributed by atoms with E-state index in [0.29, 0.717) is 12.3 Å². The molecule has 0 bridgehead atoms. The van der Waals surface area contributed by atoms with Crippen LogP contribution < -0.4 is 5.32 Å². The molecule has 2 saturated heterocycles. The van der Waals surface area contributed by atoms with Gasteiger partial charge in [0.25, 0.3) is 0 Å². The highest BCUT2D eigenvalue weighted by Gasteiger charge is 2.42. The lowest BCUT2D eigenvalue weighted by Gasteiger charge is -2.39. The van der Waals surface area contributed by atoms with E-state index in [1.54, 1.807) is 6.07 Å². The van der Waals surface area contributed by atoms with Gasteiger partial charge < -0.3 is 14.6 Å². The SMILES string of the molecule is CC(C)=CCN1CCC2(CC[C@@H](CNC(=O)Cc3cc(C)no3)O2)CC1. The van der Waals surface area contributed by atoms with E-state index < -0.39 is 0 Å². The van der Waals surface area contributed by atoms with Crippen LogP contribution in [0.3, 0.4) is 0 Å². The molecule has 3 heterocycles. The van der Waals surface area contributed by atoms with E-state index in [0.717, 1.165) is 51.0 Å². The standard InChI is InChI=1S/C20H31N3O3/c1-15(2)5-9-23-10-7-20(8-11-23)6-4-17(25-20)14-21-19(24)13-18-12-16(3)22-26-18/h5,12,17H,4,6-11,13-14H2,1-3H3,(H,21,24)/t17-/m0/s1. The summed E-state index contributed by atoms with van der Waals surface area (Å²) in [6.07, 6.45) is 6.96. The highest BCUT2D eigenvalue weighted by molar-refractivity contribution is 5.77. The second-order valence-electron chi connectivity index (χ2n) is 7.96. The molecule has 26 heavy (non-hydrogen) atoms. The fourth-order valence-corrected chi connectivity index (χ4v) is 3.81. The molecule has 2 aliphatic rings. The maximum absolute atomic E-state index is 12.0. The normalized spacial score (nSPS) is 22.5. The minimum atomic E-state index is -0.0396. The van der Waals surface area contributed by atoms with Gasteiger partial charge in [0.15, 0.2) is 0 Å². The monoisotopic (exact) mass is 361 g/mol. The van der Waals surface area contributed by atoms with Gasteiger partial charge in [-0.15, -0.1) is 0 Å². The van der Waals surface area contributed by atoms with Crippen molar-refractivity contribution in [2.75, 3.05) is 26.2 Å². The van der Waals surface area contributed by atoms with Gasteiger partial charge in [0.1, 0.15) is 5.76 Å². The molecule has 0 saturated carbocycles. The Bertz CT molecular complexity index is 640. The van der Waals surface area contributed by atoms with Gasteiger partial charge in [-0.1, -0.05) is 16.8 Å². The Kier molecular flexibility index (Phi) is 6.14. The first-order valence-electron chi connectivity index (χ1n) is 9.67. The zero-order valence-corrected chi connectivity index (χ0v) is 16.2. The number of nitrogens with zero attached hydrogens (tertiary/aromatic N) is 2. The first kappa shape index (κ1) is 19.1. The molecule has 2 fully saturated rings. The molecular formula is C20H31N3O3.